The number of hydrogen-bond acceptors (Lipinski definition) is 5. The Labute approximate surface area is 133 Å². The summed E-state index contributed by atoms with van der Waals surface area (Å²) in [5.41, 5.74) is 3.42. The second-order valence-electron chi connectivity index (χ2n) is 5.82. The predicted octanol–water partition coefficient (Wildman–Crippen LogP) is -0.469. The van der Waals surface area contributed by atoms with Crippen molar-refractivity contribution >= 4 is 17.8 Å². The van der Waals surface area contributed by atoms with E-state index in [1.54, 1.807) is 0 Å². The van der Waals surface area contributed by atoms with Crippen LogP contribution in [0.3, 0.4) is 0 Å². The van der Waals surface area contributed by atoms with Crippen LogP contribution in [0.2, 0.25) is 0 Å². The van der Waals surface area contributed by atoms with Crippen molar-refractivity contribution in [2.75, 3.05) is 6.54 Å². The Morgan fingerprint density at radius 2 is 2.13 bits per heavy atom. The van der Waals surface area contributed by atoms with E-state index >= 15 is 0 Å². The second-order valence-corrected chi connectivity index (χ2v) is 5.82. The number of fused-ring (bicyclic) bond motifs is 1. The molecule has 1 aromatic heterocycles. The number of carbonyl (C=O) groups is 3. The van der Waals surface area contributed by atoms with Gasteiger partial charge < -0.3 is 10.6 Å². The third-order valence-corrected chi connectivity index (χ3v) is 4.11. The van der Waals surface area contributed by atoms with Crippen molar-refractivity contribution in [3.05, 3.63) is 22.8 Å². The van der Waals surface area contributed by atoms with Gasteiger partial charge in [0.1, 0.15) is 11.9 Å². The molecule has 8 heteroatoms. The summed E-state index contributed by atoms with van der Waals surface area (Å²) in [5.74, 6) is -0.0247. The Morgan fingerprint density at radius 3 is 2.87 bits per heavy atom. The van der Waals surface area contributed by atoms with E-state index in [4.69, 9.17) is 0 Å². The minimum Gasteiger partial charge on any atom is -0.356 e. The molecule has 1 saturated heterocycles. The number of rotatable bonds is 5. The van der Waals surface area contributed by atoms with E-state index in [1.807, 2.05) is 6.92 Å². The smallest absolute Gasteiger partial charge is 0.322 e. The molecule has 3 rings (SSSR count). The third kappa shape index (κ3) is 3.46. The maximum Gasteiger partial charge on any atom is 0.322 e. The molecule has 0 bridgehead atoms. The lowest BCUT2D eigenvalue weighted by atomic mass is 10.2. The first-order chi connectivity index (χ1) is 11.0. The highest BCUT2D eigenvalue weighted by Crippen LogP contribution is 2.22. The predicted molar refractivity (Wildman–Crippen MR) is 80.6 cm³/mol. The summed E-state index contributed by atoms with van der Waals surface area (Å²) in [4.78, 5) is 43.2. The third-order valence-electron chi connectivity index (χ3n) is 4.11. The van der Waals surface area contributed by atoms with Gasteiger partial charge >= 0.3 is 6.03 Å². The molecule has 1 fully saturated rings. The summed E-state index contributed by atoms with van der Waals surface area (Å²) in [7, 11) is 0. The minimum absolute atomic E-state index is 0.0678. The lowest BCUT2D eigenvalue weighted by molar-refractivity contribution is -0.126. The van der Waals surface area contributed by atoms with Gasteiger partial charge in [0, 0.05) is 24.4 Å². The van der Waals surface area contributed by atoms with Crippen molar-refractivity contribution < 1.29 is 14.4 Å². The van der Waals surface area contributed by atoms with Gasteiger partial charge in [-0.25, -0.2) is 14.8 Å². The van der Waals surface area contributed by atoms with Gasteiger partial charge in [-0.2, -0.15) is 0 Å². The molecule has 1 aliphatic carbocycles. The number of amides is 4. The Hall–Kier alpha value is -2.51. The molecule has 1 aromatic rings. The Bertz CT molecular complexity index is 673. The number of hydrogen-bond donors (Lipinski definition) is 3. The summed E-state index contributed by atoms with van der Waals surface area (Å²) in [5, 5.41) is 7.22. The summed E-state index contributed by atoms with van der Waals surface area (Å²) in [6, 6.07) is -1.35. The van der Waals surface area contributed by atoms with Crippen LogP contribution in [-0.4, -0.2) is 40.4 Å². The van der Waals surface area contributed by atoms with Crippen LogP contribution in [0, 0.1) is 6.92 Å². The van der Waals surface area contributed by atoms with Crippen molar-refractivity contribution in [3.8, 4) is 0 Å². The lowest BCUT2D eigenvalue weighted by Crippen LogP contribution is -2.36. The standard InChI is InChI=1S/C15H19N5O3/c1-8-9-3-2-4-10(9)18-12(17-8)5-6-16-13(21)7-11-14(22)20-15(23)19-11/h11H,2-7H2,1H3,(H,16,21)(H2,19,20,22,23)/t11-/m1/s1. The van der Waals surface area contributed by atoms with Gasteiger partial charge in [-0.05, 0) is 31.7 Å². The van der Waals surface area contributed by atoms with Crippen molar-refractivity contribution in [2.24, 2.45) is 0 Å². The van der Waals surface area contributed by atoms with Gasteiger partial charge in [-0.3, -0.25) is 14.9 Å². The second kappa shape index (κ2) is 6.31. The number of imide groups is 1. The van der Waals surface area contributed by atoms with Crippen LogP contribution < -0.4 is 16.0 Å². The zero-order valence-corrected chi connectivity index (χ0v) is 12.9. The summed E-state index contributed by atoms with van der Waals surface area (Å²) < 4.78 is 0. The van der Waals surface area contributed by atoms with Gasteiger partial charge in [-0.15, -0.1) is 0 Å². The number of nitrogens with zero attached hydrogens (tertiary/aromatic N) is 2. The van der Waals surface area contributed by atoms with Crippen molar-refractivity contribution in [2.45, 2.75) is 45.1 Å². The van der Waals surface area contributed by atoms with Crippen LogP contribution in [0.25, 0.3) is 0 Å². The lowest BCUT2D eigenvalue weighted by Gasteiger charge is -2.09. The van der Waals surface area contributed by atoms with E-state index in [0.717, 1.165) is 36.5 Å². The summed E-state index contributed by atoms with van der Waals surface area (Å²) in [6.45, 7) is 2.40. The average molecular weight is 317 g/mol. The van der Waals surface area contributed by atoms with Gasteiger partial charge in [0.2, 0.25) is 5.91 Å². The Balaban J connectivity index is 1.48. The zero-order valence-electron chi connectivity index (χ0n) is 12.9. The highest BCUT2D eigenvalue weighted by molar-refractivity contribution is 6.05. The van der Waals surface area contributed by atoms with Crippen molar-refractivity contribution in [1.82, 2.24) is 25.9 Å². The Kier molecular flexibility index (Phi) is 4.22. The quantitative estimate of drug-likeness (QED) is 0.636. The van der Waals surface area contributed by atoms with Crippen LogP contribution in [0.1, 0.15) is 35.6 Å². The fourth-order valence-corrected chi connectivity index (χ4v) is 2.97. The van der Waals surface area contributed by atoms with Crippen LogP contribution >= 0.6 is 0 Å². The van der Waals surface area contributed by atoms with E-state index in [2.05, 4.69) is 25.9 Å². The molecule has 1 atom stereocenters. The number of aromatic nitrogens is 2. The molecule has 0 saturated carbocycles. The Morgan fingerprint density at radius 1 is 1.30 bits per heavy atom. The van der Waals surface area contributed by atoms with Gasteiger partial charge in [0.15, 0.2) is 0 Å². The fraction of sp³-hybridized carbons (Fsp3) is 0.533. The van der Waals surface area contributed by atoms with E-state index in [9.17, 15) is 14.4 Å². The molecule has 122 valence electrons. The maximum absolute atomic E-state index is 11.8. The normalized spacial score (nSPS) is 19.3. The molecular weight excluding hydrogens is 298 g/mol. The first-order valence-corrected chi connectivity index (χ1v) is 7.76. The molecule has 1 aliphatic heterocycles. The number of urea groups is 1. The molecule has 23 heavy (non-hydrogen) atoms. The molecule has 8 nitrogen and oxygen atoms in total. The molecule has 0 aromatic carbocycles. The van der Waals surface area contributed by atoms with Crippen molar-refractivity contribution in [3.63, 3.8) is 0 Å². The van der Waals surface area contributed by atoms with Gasteiger partial charge in [0.25, 0.3) is 5.91 Å². The molecule has 3 N–H and O–H groups in total. The van der Waals surface area contributed by atoms with Crippen LogP contribution in [0.15, 0.2) is 0 Å². The maximum atomic E-state index is 11.8. The average Bonchev–Trinajstić information content (AvgIpc) is 3.06. The SMILES string of the molecule is Cc1nc(CCNC(=O)C[C@H]2NC(=O)NC2=O)nc2c1CCC2. The molecule has 2 heterocycles. The van der Waals surface area contributed by atoms with Crippen LogP contribution in [0.5, 0.6) is 0 Å². The highest BCUT2D eigenvalue weighted by atomic mass is 16.2. The number of aryl methyl sites for hydroxylation is 2. The van der Waals surface area contributed by atoms with E-state index in [1.165, 1.54) is 5.56 Å². The zero-order chi connectivity index (χ0) is 16.4. The summed E-state index contributed by atoms with van der Waals surface area (Å²) in [6.07, 6.45) is 3.65. The molecule has 4 amide bonds. The van der Waals surface area contributed by atoms with Gasteiger partial charge in [0.05, 0.1) is 6.42 Å². The van der Waals surface area contributed by atoms with Crippen LogP contribution in [0.4, 0.5) is 4.79 Å². The first-order valence-electron chi connectivity index (χ1n) is 7.76. The van der Waals surface area contributed by atoms with Gasteiger partial charge in [-0.1, -0.05) is 0 Å². The largest absolute Gasteiger partial charge is 0.356 e. The molecule has 0 spiro atoms. The van der Waals surface area contributed by atoms with E-state index in [-0.39, 0.29) is 12.3 Å². The molecular formula is C15H19N5O3. The number of nitrogens with one attached hydrogen (secondary N) is 3. The first kappa shape index (κ1) is 15.4. The molecule has 0 unspecified atom stereocenters. The monoisotopic (exact) mass is 317 g/mol. The number of carbonyl (C=O) groups excluding carboxylic acids is 3. The minimum atomic E-state index is -0.791. The van der Waals surface area contributed by atoms with E-state index < -0.39 is 18.0 Å². The van der Waals surface area contributed by atoms with Crippen molar-refractivity contribution in [1.29, 1.82) is 0 Å². The summed E-state index contributed by atoms with van der Waals surface area (Å²) >= 11 is 0. The topological polar surface area (TPSA) is 113 Å². The van der Waals surface area contributed by atoms with Crippen LogP contribution in [-0.2, 0) is 28.9 Å². The highest BCUT2D eigenvalue weighted by Gasteiger charge is 2.31. The molecule has 2 aliphatic rings. The fourth-order valence-electron chi connectivity index (χ4n) is 2.97. The van der Waals surface area contributed by atoms with E-state index in [0.29, 0.717) is 13.0 Å². The molecule has 0 radical (unpaired) electrons.